The van der Waals surface area contributed by atoms with Crippen molar-refractivity contribution in [1.29, 1.82) is 0 Å². The highest BCUT2D eigenvalue weighted by molar-refractivity contribution is 5.84. The summed E-state index contributed by atoms with van der Waals surface area (Å²) in [5.74, 6) is 0.207. The first-order valence-electron chi connectivity index (χ1n) is 8.05. The SMILES string of the molecule is O=C(O)CN(Cc1ccccn1)C(=O)[C@@H]1C[C@@H]2CCCC[C@@H]21. The molecule has 1 heterocycles. The van der Waals surface area contributed by atoms with Crippen LogP contribution >= 0.6 is 0 Å². The van der Waals surface area contributed by atoms with E-state index in [1.54, 1.807) is 6.20 Å². The lowest BCUT2D eigenvalue weighted by Crippen LogP contribution is -2.50. The van der Waals surface area contributed by atoms with Gasteiger partial charge in [-0.05, 0) is 36.8 Å². The zero-order valence-electron chi connectivity index (χ0n) is 12.6. The summed E-state index contributed by atoms with van der Waals surface area (Å²) in [6, 6.07) is 5.49. The van der Waals surface area contributed by atoms with Crippen molar-refractivity contribution in [1.82, 2.24) is 9.88 Å². The molecule has 22 heavy (non-hydrogen) atoms. The van der Waals surface area contributed by atoms with Crippen molar-refractivity contribution in [3.63, 3.8) is 0 Å². The van der Waals surface area contributed by atoms with Gasteiger partial charge in [-0.3, -0.25) is 14.6 Å². The molecule has 1 aromatic rings. The molecular weight excluding hydrogens is 280 g/mol. The van der Waals surface area contributed by atoms with Gasteiger partial charge in [-0.1, -0.05) is 25.3 Å². The molecule has 118 valence electrons. The first kappa shape index (κ1) is 15.0. The molecule has 2 fully saturated rings. The molecule has 0 radical (unpaired) electrons. The van der Waals surface area contributed by atoms with Crippen LogP contribution in [0.15, 0.2) is 24.4 Å². The van der Waals surface area contributed by atoms with E-state index in [1.807, 2.05) is 18.2 Å². The molecule has 0 aliphatic heterocycles. The first-order valence-corrected chi connectivity index (χ1v) is 8.05. The summed E-state index contributed by atoms with van der Waals surface area (Å²) in [7, 11) is 0. The van der Waals surface area contributed by atoms with Gasteiger partial charge in [0.05, 0.1) is 12.2 Å². The minimum Gasteiger partial charge on any atom is -0.480 e. The maximum absolute atomic E-state index is 12.8. The molecule has 0 bridgehead atoms. The second-order valence-corrected chi connectivity index (χ2v) is 6.46. The number of hydrogen-bond donors (Lipinski definition) is 1. The van der Waals surface area contributed by atoms with Crippen molar-refractivity contribution >= 4 is 11.9 Å². The van der Waals surface area contributed by atoms with E-state index in [0.717, 1.165) is 18.5 Å². The van der Waals surface area contributed by atoms with E-state index in [9.17, 15) is 9.59 Å². The van der Waals surface area contributed by atoms with Gasteiger partial charge in [0, 0.05) is 12.1 Å². The number of amides is 1. The number of hydrogen-bond acceptors (Lipinski definition) is 3. The third-order valence-corrected chi connectivity index (χ3v) is 5.08. The van der Waals surface area contributed by atoms with Crippen LogP contribution in [0.1, 0.15) is 37.8 Å². The smallest absolute Gasteiger partial charge is 0.323 e. The number of carboxylic acid groups (broad SMARTS) is 1. The average Bonchev–Trinajstić information content (AvgIpc) is 2.48. The minimum atomic E-state index is -0.969. The van der Waals surface area contributed by atoms with Gasteiger partial charge >= 0.3 is 5.97 Å². The van der Waals surface area contributed by atoms with Crippen molar-refractivity contribution in [3.05, 3.63) is 30.1 Å². The molecule has 0 unspecified atom stereocenters. The van der Waals surface area contributed by atoms with E-state index in [1.165, 1.54) is 24.2 Å². The van der Waals surface area contributed by atoms with Crippen LogP contribution in [0.25, 0.3) is 0 Å². The number of pyridine rings is 1. The predicted octanol–water partition coefficient (Wildman–Crippen LogP) is 2.32. The van der Waals surface area contributed by atoms with Gasteiger partial charge in [0.25, 0.3) is 0 Å². The van der Waals surface area contributed by atoms with E-state index in [0.29, 0.717) is 11.8 Å². The van der Waals surface area contributed by atoms with Gasteiger partial charge in [0.2, 0.25) is 5.91 Å². The molecule has 1 aromatic heterocycles. The standard InChI is InChI=1S/C17H22N2O3/c20-16(21)11-19(10-13-6-3-4-8-18-13)17(22)15-9-12-5-1-2-7-14(12)15/h3-4,6,8,12,14-15H,1-2,5,7,9-11H2,(H,20,21)/t12-,14-,15+/m0/s1. The molecule has 0 spiro atoms. The lowest BCUT2D eigenvalue weighted by molar-refractivity contribution is -0.153. The Bertz CT molecular complexity index is 546. The van der Waals surface area contributed by atoms with Gasteiger partial charge < -0.3 is 10.0 Å². The van der Waals surface area contributed by atoms with Crippen LogP contribution in [0.3, 0.4) is 0 Å². The molecule has 1 amide bonds. The zero-order valence-corrected chi connectivity index (χ0v) is 12.6. The Balaban J connectivity index is 1.68. The summed E-state index contributed by atoms with van der Waals surface area (Å²) < 4.78 is 0. The highest BCUT2D eigenvalue weighted by Gasteiger charge is 2.47. The molecule has 0 aromatic carbocycles. The van der Waals surface area contributed by atoms with Crippen LogP contribution in [0.2, 0.25) is 0 Å². The Kier molecular flexibility index (Phi) is 4.41. The first-order chi connectivity index (χ1) is 10.6. The monoisotopic (exact) mass is 302 g/mol. The Morgan fingerprint density at radius 1 is 1.27 bits per heavy atom. The minimum absolute atomic E-state index is 0.00352. The fraction of sp³-hybridized carbons (Fsp3) is 0.588. The molecule has 2 aliphatic rings. The molecule has 5 heteroatoms. The van der Waals surface area contributed by atoms with Crippen molar-refractivity contribution in [3.8, 4) is 0 Å². The number of rotatable bonds is 5. The summed E-state index contributed by atoms with van der Waals surface area (Å²) >= 11 is 0. The van der Waals surface area contributed by atoms with Crippen molar-refractivity contribution in [2.75, 3.05) is 6.54 Å². The quantitative estimate of drug-likeness (QED) is 0.906. The zero-order chi connectivity index (χ0) is 15.5. The van der Waals surface area contributed by atoms with E-state index in [4.69, 9.17) is 5.11 Å². The lowest BCUT2D eigenvalue weighted by atomic mass is 9.58. The number of carboxylic acids is 1. The van der Waals surface area contributed by atoms with E-state index >= 15 is 0 Å². The maximum Gasteiger partial charge on any atom is 0.323 e. The molecule has 2 saturated carbocycles. The second-order valence-electron chi connectivity index (χ2n) is 6.46. The van der Waals surface area contributed by atoms with Gasteiger partial charge in [-0.25, -0.2) is 0 Å². The number of carbonyl (C=O) groups is 2. The van der Waals surface area contributed by atoms with Crippen molar-refractivity contribution in [2.45, 2.75) is 38.6 Å². The number of aromatic nitrogens is 1. The highest BCUT2D eigenvalue weighted by Crippen LogP contribution is 2.49. The van der Waals surface area contributed by atoms with Gasteiger partial charge in [0.1, 0.15) is 6.54 Å². The molecule has 5 nitrogen and oxygen atoms in total. The molecule has 3 rings (SSSR count). The van der Waals surface area contributed by atoms with Gasteiger partial charge in [-0.15, -0.1) is 0 Å². The van der Waals surface area contributed by atoms with Crippen LogP contribution in [-0.4, -0.2) is 33.4 Å². The van der Waals surface area contributed by atoms with E-state index < -0.39 is 5.97 Å². The number of fused-ring (bicyclic) bond motifs is 1. The third kappa shape index (κ3) is 3.13. The lowest BCUT2D eigenvalue weighted by Gasteiger charge is -2.48. The topological polar surface area (TPSA) is 70.5 Å². The van der Waals surface area contributed by atoms with Crippen LogP contribution in [0, 0.1) is 17.8 Å². The van der Waals surface area contributed by atoms with Crippen LogP contribution in [0.5, 0.6) is 0 Å². The van der Waals surface area contributed by atoms with E-state index in [-0.39, 0.29) is 24.9 Å². The maximum atomic E-state index is 12.8. The van der Waals surface area contributed by atoms with E-state index in [2.05, 4.69) is 4.98 Å². The molecule has 1 N–H and O–H groups in total. The predicted molar refractivity (Wildman–Crippen MR) is 80.8 cm³/mol. The average molecular weight is 302 g/mol. The third-order valence-electron chi connectivity index (χ3n) is 5.08. The van der Waals surface area contributed by atoms with Crippen LogP contribution in [-0.2, 0) is 16.1 Å². The number of nitrogens with zero attached hydrogens (tertiary/aromatic N) is 2. The molecular formula is C17H22N2O3. The largest absolute Gasteiger partial charge is 0.480 e. The Labute approximate surface area is 130 Å². The molecule has 3 atom stereocenters. The Hall–Kier alpha value is -1.91. The summed E-state index contributed by atoms with van der Waals surface area (Å²) in [6.07, 6.45) is 7.42. The van der Waals surface area contributed by atoms with Gasteiger partial charge in [0.15, 0.2) is 0 Å². The fourth-order valence-electron chi connectivity index (χ4n) is 3.94. The summed E-state index contributed by atoms with van der Waals surface area (Å²) in [5, 5.41) is 9.10. The Morgan fingerprint density at radius 2 is 2.09 bits per heavy atom. The fourth-order valence-corrected chi connectivity index (χ4v) is 3.94. The van der Waals surface area contributed by atoms with Crippen LogP contribution < -0.4 is 0 Å². The number of carbonyl (C=O) groups excluding carboxylic acids is 1. The number of aliphatic carboxylic acids is 1. The van der Waals surface area contributed by atoms with Gasteiger partial charge in [-0.2, -0.15) is 0 Å². The summed E-state index contributed by atoms with van der Waals surface area (Å²) in [4.78, 5) is 29.5. The highest BCUT2D eigenvalue weighted by atomic mass is 16.4. The van der Waals surface area contributed by atoms with Crippen LogP contribution in [0.4, 0.5) is 0 Å². The summed E-state index contributed by atoms with van der Waals surface area (Å²) in [6.45, 7) is 0.0309. The van der Waals surface area contributed by atoms with Crippen molar-refractivity contribution < 1.29 is 14.7 Å². The molecule has 0 saturated heterocycles. The second kappa shape index (κ2) is 6.46. The molecule has 2 aliphatic carbocycles. The summed E-state index contributed by atoms with van der Waals surface area (Å²) in [5.41, 5.74) is 0.733. The Morgan fingerprint density at radius 3 is 2.77 bits per heavy atom. The van der Waals surface area contributed by atoms with Crippen molar-refractivity contribution in [2.24, 2.45) is 17.8 Å². The normalized spacial score (nSPS) is 26.6.